The van der Waals surface area contributed by atoms with E-state index in [0.29, 0.717) is 12.4 Å². The molecule has 94 valence electrons. The molecular weight excluding hydrogens is 222 g/mol. The van der Waals surface area contributed by atoms with E-state index < -0.39 is 0 Å². The van der Waals surface area contributed by atoms with Gasteiger partial charge >= 0.3 is 0 Å². The zero-order chi connectivity index (χ0) is 13.0. The third-order valence-corrected chi connectivity index (χ3v) is 2.38. The molecule has 0 saturated carbocycles. The van der Waals surface area contributed by atoms with Crippen molar-refractivity contribution < 1.29 is 9.59 Å². The number of carbonyl (C=O) groups is 2. The molecule has 0 saturated heterocycles. The predicted octanol–water partition coefficient (Wildman–Crippen LogP) is -0.433. The lowest BCUT2D eigenvalue weighted by molar-refractivity contribution is -0.124. The van der Waals surface area contributed by atoms with Crippen LogP contribution in [-0.2, 0) is 4.79 Å². The number of nitrogens with zero attached hydrogens (tertiary/aromatic N) is 3. The first-order chi connectivity index (χ1) is 7.95. The van der Waals surface area contributed by atoms with E-state index in [0.717, 1.165) is 0 Å². The van der Waals surface area contributed by atoms with E-state index >= 15 is 0 Å². The van der Waals surface area contributed by atoms with E-state index in [1.165, 1.54) is 4.90 Å². The summed E-state index contributed by atoms with van der Waals surface area (Å²) in [6.45, 7) is 3.80. The molecule has 1 atom stereocenters. The van der Waals surface area contributed by atoms with Gasteiger partial charge in [0.15, 0.2) is 0 Å². The molecule has 7 nitrogen and oxygen atoms in total. The first kappa shape index (κ1) is 13.1. The van der Waals surface area contributed by atoms with E-state index in [1.54, 1.807) is 27.9 Å². The number of hydrogen-bond donors (Lipinski definition) is 2. The van der Waals surface area contributed by atoms with Gasteiger partial charge in [-0.2, -0.15) is 0 Å². The highest BCUT2D eigenvalue weighted by atomic mass is 16.2. The van der Waals surface area contributed by atoms with Crippen LogP contribution in [0.3, 0.4) is 0 Å². The largest absolute Gasteiger partial charge is 0.359 e. The van der Waals surface area contributed by atoms with Crippen LogP contribution >= 0.6 is 0 Å². The average molecular weight is 239 g/mol. The Labute approximate surface area is 99.6 Å². The fourth-order valence-electron chi connectivity index (χ4n) is 1.43. The SMILES string of the molecule is CNC(=O)C(C)CN(C)C(=O)c1n[nH]c(C)n1. The van der Waals surface area contributed by atoms with E-state index in [4.69, 9.17) is 0 Å². The summed E-state index contributed by atoms with van der Waals surface area (Å²) >= 11 is 0. The smallest absolute Gasteiger partial charge is 0.293 e. The second kappa shape index (κ2) is 5.42. The van der Waals surface area contributed by atoms with Crippen molar-refractivity contribution in [3.05, 3.63) is 11.6 Å². The first-order valence-electron chi connectivity index (χ1n) is 5.31. The summed E-state index contributed by atoms with van der Waals surface area (Å²) in [5.41, 5.74) is 0. The Kier molecular flexibility index (Phi) is 4.19. The van der Waals surface area contributed by atoms with Gasteiger partial charge in [0.1, 0.15) is 5.82 Å². The van der Waals surface area contributed by atoms with Crippen molar-refractivity contribution in [1.29, 1.82) is 0 Å². The second-order valence-electron chi connectivity index (χ2n) is 3.95. The predicted molar refractivity (Wildman–Crippen MR) is 61.3 cm³/mol. The van der Waals surface area contributed by atoms with Crippen LogP contribution < -0.4 is 5.32 Å². The van der Waals surface area contributed by atoms with E-state index in [1.807, 2.05) is 0 Å². The minimum absolute atomic E-state index is 0.101. The molecule has 0 bridgehead atoms. The Morgan fingerprint density at radius 3 is 2.65 bits per heavy atom. The molecule has 1 aromatic heterocycles. The van der Waals surface area contributed by atoms with Crippen LogP contribution in [0, 0.1) is 12.8 Å². The molecule has 1 unspecified atom stereocenters. The molecule has 0 spiro atoms. The molecule has 1 heterocycles. The van der Waals surface area contributed by atoms with E-state index in [2.05, 4.69) is 20.5 Å². The van der Waals surface area contributed by atoms with Gasteiger partial charge in [-0.25, -0.2) is 4.98 Å². The minimum Gasteiger partial charge on any atom is -0.359 e. The summed E-state index contributed by atoms with van der Waals surface area (Å²) in [7, 11) is 3.19. The molecule has 0 fully saturated rings. The third kappa shape index (κ3) is 3.27. The molecule has 0 aliphatic rings. The van der Waals surface area contributed by atoms with E-state index in [-0.39, 0.29) is 23.6 Å². The van der Waals surface area contributed by atoms with Gasteiger partial charge in [-0.1, -0.05) is 6.92 Å². The number of aromatic amines is 1. The topological polar surface area (TPSA) is 91.0 Å². The maximum atomic E-state index is 11.9. The molecule has 2 amide bonds. The Bertz CT molecular complexity index is 415. The highest BCUT2D eigenvalue weighted by Crippen LogP contribution is 2.02. The lowest BCUT2D eigenvalue weighted by Crippen LogP contribution is -2.37. The van der Waals surface area contributed by atoms with Gasteiger partial charge in [0.25, 0.3) is 5.91 Å². The number of aryl methyl sites for hydroxylation is 1. The monoisotopic (exact) mass is 239 g/mol. The summed E-state index contributed by atoms with van der Waals surface area (Å²) in [5, 5.41) is 8.92. The van der Waals surface area contributed by atoms with Gasteiger partial charge in [-0.05, 0) is 6.92 Å². The fraction of sp³-hybridized carbons (Fsp3) is 0.600. The number of H-pyrrole nitrogens is 1. The molecule has 7 heteroatoms. The lowest BCUT2D eigenvalue weighted by atomic mass is 10.1. The van der Waals surface area contributed by atoms with Crippen LogP contribution in [-0.4, -0.2) is 52.5 Å². The molecule has 1 rings (SSSR count). The fourth-order valence-corrected chi connectivity index (χ4v) is 1.43. The summed E-state index contributed by atoms with van der Waals surface area (Å²) in [6, 6.07) is 0. The van der Waals surface area contributed by atoms with Crippen LogP contribution in [0.15, 0.2) is 0 Å². The minimum atomic E-state index is -0.301. The Morgan fingerprint density at radius 2 is 2.18 bits per heavy atom. The van der Waals surface area contributed by atoms with Gasteiger partial charge in [0.2, 0.25) is 11.7 Å². The van der Waals surface area contributed by atoms with Crippen molar-refractivity contribution in [1.82, 2.24) is 25.4 Å². The van der Waals surface area contributed by atoms with Crippen molar-refractivity contribution in [3.8, 4) is 0 Å². The average Bonchev–Trinajstić information content (AvgIpc) is 2.73. The van der Waals surface area contributed by atoms with Gasteiger partial charge < -0.3 is 10.2 Å². The lowest BCUT2D eigenvalue weighted by Gasteiger charge is -2.19. The molecule has 0 aliphatic heterocycles. The number of rotatable bonds is 4. The molecule has 0 aliphatic carbocycles. The molecular formula is C10H17N5O2. The normalized spacial score (nSPS) is 12.0. The van der Waals surface area contributed by atoms with Crippen LogP contribution in [0.25, 0.3) is 0 Å². The van der Waals surface area contributed by atoms with Crippen molar-refractivity contribution in [2.24, 2.45) is 5.92 Å². The number of amides is 2. The highest BCUT2D eigenvalue weighted by molar-refractivity contribution is 5.90. The van der Waals surface area contributed by atoms with Crippen molar-refractivity contribution >= 4 is 11.8 Å². The van der Waals surface area contributed by atoms with Crippen molar-refractivity contribution in [2.75, 3.05) is 20.6 Å². The summed E-state index contributed by atoms with van der Waals surface area (Å²) in [6.07, 6.45) is 0. The molecule has 0 radical (unpaired) electrons. The molecule has 1 aromatic rings. The summed E-state index contributed by atoms with van der Waals surface area (Å²) in [5.74, 6) is 0.0325. The first-order valence-corrected chi connectivity index (χ1v) is 5.31. The van der Waals surface area contributed by atoms with Gasteiger partial charge in [0.05, 0.1) is 5.92 Å². The number of carbonyl (C=O) groups excluding carboxylic acids is 2. The maximum Gasteiger partial charge on any atom is 0.293 e. The van der Waals surface area contributed by atoms with Gasteiger partial charge in [-0.15, -0.1) is 5.10 Å². The molecule has 17 heavy (non-hydrogen) atoms. The summed E-state index contributed by atoms with van der Waals surface area (Å²) in [4.78, 5) is 28.6. The summed E-state index contributed by atoms with van der Waals surface area (Å²) < 4.78 is 0. The van der Waals surface area contributed by atoms with Gasteiger partial charge in [0, 0.05) is 20.6 Å². The number of nitrogens with one attached hydrogen (secondary N) is 2. The van der Waals surface area contributed by atoms with Crippen LogP contribution in [0.5, 0.6) is 0 Å². The Balaban J connectivity index is 2.62. The Hall–Kier alpha value is -1.92. The number of aromatic nitrogens is 3. The zero-order valence-corrected chi connectivity index (χ0v) is 10.4. The zero-order valence-electron chi connectivity index (χ0n) is 10.4. The maximum absolute atomic E-state index is 11.9. The Morgan fingerprint density at radius 1 is 1.53 bits per heavy atom. The van der Waals surface area contributed by atoms with Crippen molar-refractivity contribution in [2.45, 2.75) is 13.8 Å². The number of hydrogen-bond acceptors (Lipinski definition) is 4. The van der Waals surface area contributed by atoms with Crippen LogP contribution in [0.4, 0.5) is 0 Å². The standard InChI is InChI=1S/C10H17N5O2/c1-6(9(16)11-3)5-15(4)10(17)8-12-7(2)13-14-8/h6H,5H2,1-4H3,(H,11,16)(H,12,13,14). The second-order valence-corrected chi connectivity index (χ2v) is 3.95. The van der Waals surface area contributed by atoms with Crippen molar-refractivity contribution in [3.63, 3.8) is 0 Å². The van der Waals surface area contributed by atoms with Crippen LogP contribution in [0.1, 0.15) is 23.4 Å². The van der Waals surface area contributed by atoms with E-state index in [9.17, 15) is 9.59 Å². The quantitative estimate of drug-likeness (QED) is 0.745. The molecule has 0 aromatic carbocycles. The molecule has 2 N–H and O–H groups in total. The van der Waals surface area contributed by atoms with Crippen LogP contribution in [0.2, 0.25) is 0 Å². The third-order valence-electron chi connectivity index (χ3n) is 2.38. The van der Waals surface area contributed by atoms with Gasteiger partial charge in [-0.3, -0.25) is 14.7 Å². The highest BCUT2D eigenvalue weighted by Gasteiger charge is 2.20.